The smallest absolute Gasteiger partial charge is 0.305 e. The molecule has 116 valence electrons. The van der Waals surface area contributed by atoms with Gasteiger partial charge in [0.05, 0.1) is 12.9 Å². The van der Waals surface area contributed by atoms with Crippen molar-refractivity contribution in [3.8, 4) is 0 Å². The molecule has 0 aromatic heterocycles. The van der Waals surface area contributed by atoms with Crippen molar-refractivity contribution < 1.29 is 17.9 Å². The summed E-state index contributed by atoms with van der Waals surface area (Å²) in [7, 11) is -1.90. The standard InChI is InChI=1S/C14H25NO4S/c1-19-14(16)9-5-11-20(17,18)15-10-4-7-12-6-2-3-8-13(12)15/h12-13H,2-11H2,1H3. The maximum absolute atomic E-state index is 12.5. The Morgan fingerprint density at radius 3 is 2.65 bits per heavy atom. The normalized spacial score (nSPS) is 27.9. The first-order valence-corrected chi connectivity index (χ1v) is 9.22. The van der Waals surface area contributed by atoms with E-state index in [1.54, 1.807) is 4.31 Å². The Labute approximate surface area is 121 Å². The molecule has 1 heterocycles. The third kappa shape index (κ3) is 3.73. The molecule has 0 N–H and O–H groups in total. The Morgan fingerprint density at radius 2 is 1.90 bits per heavy atom. The van der Waals surface area contributed by atoms with Gasteiger partial charge in [-0.1, -0.05) is 12.8 Å². The summed E-state index contributed by atoms with van der Waals surface area (Å²) in [4.78, 5) is 11.1. The van der Waals surface area contributed by atoms with Gasteiger partial charge in [0.15, 0.2) is 0 Å². The first-order valence-electron chi connectivity index (χ1n) is 7.61. The van der Waals surface area contributed by atoms with Gasteiger partial charge in [0, 0.05) is 19.0 Å². The molecule has 6 heteroatoms. The monoisotopic (exact) mass is 303 g/mol. The topological polar surface area (TPSA) is 63.7 Å². The molecule has 5 nitrogen and oxygen atoms in total. The van der Waals surface area contributed by atoms with Crippen LogP contribution in [0.1, 0.15) is 51.4 Å². The molecule has 2 atom stereocenters. The van der Waals surface area contributed by atoms with E-state index >= 15 is 0 Å². The third-order valence-corrected chi connectivity index (χ3v) is 6.53. The number of fused-ring (bicyclic) bond motifs is 1. The fraction of sp³-hybridized carbons (Fsp3) is 0.929. The highest BCUT2D eigenvalue weighted by atomic mass is 32.2. The van der Waals surface area contributed by atoms with Gasteiger partial charge in [-0.15, -0.1) is 0 Å². The predicted octanol–water partition coefficient (Wildman–Crippen LogP) is 1.92. The number of carbonyl (C=O) groups is 1. The van der Waals surface area contributed by atoms with Crippen LogP contribution in [0.4, 0.5) is 0 Å². The summed E-state index contributed by atoms with van der Waals surface area (Å²) < 4.78 is 31.3. The van der Waals surface area contributed by atoms with Crippen molar-refractivity contribution >= 4 is 16.0 Å². The summed E-state index contributed by atoms with van der Waals surface area (Å²) in [6.45, 7) is 0.654. The molecule has 1 saturated carbocycles. The third-order valence-electron chi connectivity index (χ3n) is 4.56. The number of methoxy groups -OCH3 is 1. The van der Waals surface area contributed by atoms with E-state index in [1.807, 2.05) is 0 Å². The lowest BCUT2D eigenvalue weighted by Crippen LogP contribution is -2.50. The van der Waals surface area contributed by atoms with Gasteiger partial charge in [-0.3, -0.25) is 4.79 Å². The minimum absolute atomic E-state index is 0.0608. The van der Waals surface area contributed by atoms with Gasteiger partial charge in [0.2, 0.25) is 10.0 Å². The Morgan fingerprint density at radius 1 is 1.20 bits per heavy atom. The Balaban J connectivity index is 1.95. The quantitative estimate of drug-likeness (QED) is 0.728. The van der Waals surface area contributed by atoms with E-state index in [-0.39, 0.29) is 24.2 Å². The van der Waals surface area contributed by atoms with Crippen molar-refractivity contribution in [3.63, 3.8) is 0 Å². The average Bonchev–Trinajstić information content (AvgIpc) is 2.46. The number of nitrogens with zero attached hydrogens (tertiary/aromatic N) is 1. The molecule has 2 unspecified atom stereocenters. The molecule has 0 radical (unpaired) electrons. The van der Waals surface area contributed by atoms with Gasteiger partial charge in [-0.05, 0) is 38.0 Å². The minimum atomic E-state index is -3.23. The lowest BCUT2D eigenvalue weighted by atomic mass is 9.79. The van der Waals surface area contributed by atoms with Crippen LogP contribution in [0, 0.1) is 5.92 Å². The molecule has 0 spiro atoms. The van der Waals surface area contributed by atoms with Crippen LogP contribution >= 0.6 is 0 Å². The number of piperidine rings is 1. The summed E-state index contributed by atoms with van der Waals surface area (Å²) in [6.07, 6.45) is 7.20. The van der Waals surface area contributed by atoms with Gasteiger partial charge >= 0.3 is 5.97 Å². The fourth-order valence-electron chi connectivity index (χ4n) is 3.54. The van der Waals surface area contributed by atoms with Gasteiger partial charge < -0.3 is 4.74 Å². The maximum Gasteiger partial charge on any atom is 0.305 e. The molecule has 0 amide bonds. The molecule has 1 aliphatic carbocycles. The maximum atomic E-state index is 12.5. The van der Waals surface area contributed by atoms with Gasteiger partial charge in [0.1, 0.15) is 0 Å². The molecule has 20 heavy (non-hydrogen) atoms. The average molecular weight is 303 g/mol. The molecular formula is C14H25NO4S. The number of carbonyl (C=O) groups excluding carboxylic acids is 1. The SMILES string of the molecule is COC(=O)CCCS(=O)(=O)N1CCCC2CCCCC21. The summed E-state index contributed by atoms with van der Waals surface area (Å²) in [5.74, 6) is 0.271. The van der Waals surface area contributed by atoms with E-state index < -0.39 is 10.0 Å². The summed E-state index contributed by atoms with van der Waals surface area (Å²) in [5.41, 5.74) is 0. The van der Waals surface area contributed by atoms with Crippen LogP contribution in [-0.2, 0) is 19.6 Å². The highest BCUT2D eigenvalue weighted by Gasteiger charge is 2.38. The first-order chi connectivity index (χ1) is 9.54. The molecule has 2 fully saturated rings. The molecule has 2 aliphatic rings. The summed E-state index contributed by atoms with van der Waals surface area (Å²) in [5, 5.41) is 0. The second-order valence-corrected chi connectivity index (χ2v) is 7.90. The highest BCUT2D eigenvalue weighted by molar-refractivity contribution is 7.89. The van der Waals surface area contributed by atoms with Crippen molar-refractivity contribution in [3.05, 3.63) is 0 Å². The van der Waals surface area contributed by atoms with Crippen LogP contribution in [0.3, 0.4) is 0 Å². The number of hydrogen-bond acceptors (Lipinski definition) is 4. The predicted molar refractivity (Wildman–Crippen MR) is 76.7 cm³/mol. The second-order valence-electron chi connectivity index (χ2n) is 5.86. The molecular weight excluding hydrogens is 278 g/mol. The van der Waals surface area contributed by atoms with Crippen molar-refractivity contribution in [2.45, 2.75) is 57.4 Å². The van der Waals surface area contributed by atoms with Crippen LogP contribution in [0.2, 0.25) is 0 Å². The van der Waals surface area contributed by atoms with Gasteiger partial charge in [0.25, 0.3) is 0 Å². The summed E-state index contributed by atoms with van der Waals surface area (Å²) in [6, 6.07) is 0.209. The number of rotatable bonds is 5. The van der Waals surface area contributed by atoms with Crippen LogP contribution < -0.4 is 0 Å². The Bertz CT molecular complexity index is 432. The van der Waals surface area contributed by atoms with Crippen molar-refractivity contribution in [2.75, 3.05) is 19.4 Å². The van der Waals surface area contributed by atoms with E-state index in [4.69, 9.17) is 0 Å². The zero-order chi connectivity index (χ0) is 14.6. The molecule has 2 rings (SSSR count). The van der Waals surface area contributed by atoms with Crippen LogP contribution in [0.15, 0.2) is 0 Å². The first kappa shape index (κ1) is 15.8. The Hall–Kier alpha value is -0.620. The van der Waals surface area contributed by atoms with Crippen molar-refractivity contribution in [2.24, 2.45) is 5.92 Å². The summed E-state index contributed by atoms with van der Waals surface area (Å²) >= 11 is 0. The minimum Gasteiger partial charge on any atom is -0.469 e. The van der Waals surface area contributed by atoms with Gasteiger partial charge in [-0.25, -0.2) is 8.42 Å². The van der Waals surface area contributed by atoms with Crippen LogP contribution in [0.25, 0.3) is 0 Å². The number of sulfonamides is 1. The lowest BCUT2D eigenvalue weighted by molar-refractivity contribution is -0.140. The van der Waals surface area contributed by atoms with Crippen LogP contribution in [0.5, 0.6) is 0 Å². The zero-order valence-electron chi connectivity index (χ0n) is 12.2. The molecule has 0 aromatic carbocycles. The van der Waals surface area contributed by atoms with E-state index in [0.29, 0.717) is 18.9 Å². The van der Waals surface area contributed by atoms with Gasteiger partial charge in [-0.2, -0.15) is 4.31 Å². The molecule has 1 saturated heterocycles. The van der Waals surface area contributed by atoms with Crippen LogP contribution in [-0.4, -0.2) is 44.1 Å². The second kappa shape index (κ2) is 6.89. The zero-order valence-corrected chi connectivity index (χ0v) is 13.0. The van der Waals surface area contributed by atoms with E-state index in [1.165, 1.54) is 26.4 Å². The highest BCUT2D eigenvalue weighted by Crippen LogP contribution is 2.36. The fourth-order valence-corrected chi connectivity index (χ4v) is 5.38. The molecule has 0 bridgehead atoms. The largest absolute Gasteiger partial charge is 0.469 e. The van der Waals surface area contributed by atoms with E-state index in [2.05, 4.69) is 4.74 Å². The number of esters is 1. The van der Waals surface area contributed by atoms with Crippen molar-refractivity contribution in [1.29, 1.82) is 0 Å². The molecule has 1 aliphatic heterocycles. The number of hydrogen-bond donors (Lipinski definition) is 0. The Kier molecular flexibility index (Phi) is 5.43. The number of ether oxygens (including phenoxy) is 1. The lowest BCUT2D eigenvalue weighted by Gasteiger charge is -2.43. The van der Waals surface area contributed by atoms with E-state index in [0.717, 1.165) is 19.3 Å². The van der Waals surface area contributed by atoms with E-state index in [9.17, 15) is 13.2 Å². The molecule has 0 aromatic rings. The van der Waals surface area contributed by atoms with Crippen molar-refractivity contribution in [1.82, 2.24) is 4.31 Å².